The van der Waals surface area contributed by atoms with Crippen molar-refractivity contribution in [1.82, 2.24) is 15.5 Å². The van der Waals surface area contributed by atoms with Crippen LogP contribution in [0.4, 0.5) is 4.39 Å². The maximum atomic E-state index is 14.0. The molecule has 186 valence electrons. The highest BCUT2D eigenvalue weighted by Gasteiger charge is 2.20. The first-order valence-electron chi connectivity index (χ1n) is 12.2. The number of nitrogens with zero attached hydrogens (tertiary/aromatic N) is 2. The monoisotopic (exact) mass is 481 g/mol. The third kappa shape index (κ3) is 8.02. The van der Waals surface area contributed by atoms with Gasteiger partial charge in [-0.1, -0.05) is 74.5 Å². The van der Waals surface area contributed by atoms with Crippen molar-refractivity contribution in [3.8, 4) is 11.5 Å². The van der Waals surface area contributed by atoms with Gasteiger partial charge in [-0.05, 0) is 48.6 Å². The number of carbonyl (C=O) groups is 2. The number of aryl methyl sites for hydroxylation is 2. The highest BCUT2D eigenvalue weighted by molar-refractivity contribution is 6.31. The van der Waals surface area contributed by atoms with Crippen LogP contribution in [0.15, 0.2) is 53.1 Å². The molecule has 0 spiro atoms. The molecule has 1 atom stereocenters. The molecule has 0 fully saturated rings. The highest BCUT2D eigenvalue weighted by atomic mass is 19.1. The van der Waals surface area contributed by atoms with E-state index in [0.29, 0.717) is 35.7 Å². The van der Waals surface area contributed by atoms with E-state index in [9.17, 15) is 14.0 Å². The van der Waals surface area contributed by atoms with Gasteiger partial charge in [0, 0.05) is 12.0 Å². The number of carboxylic acid groups (broad SMARTS) is 1. The average molecular weight is 482 g/mol. The maximum Gasteiger partial charge on any atom is 0.394 e. The van der Waals surface area contributed by atoms with E-state index in [1.165, 1.54) is 31.7 Å². The zero-order valence-electron chi connectivity index (χ0n) is 20.0. The van der Waals surface area contributed by atoms with Crippen molar-refractivity contribution in [1.29, 1.82) is 0 Å². The molecule has 7 nitrogen and oxygen atoms in total. The molecule has 0 aliphatic carbocycles. The van der Waals surface area contributed by atoms with Crippen molar-refractivity contribution in [2.24, 2.45) is 0 Å². The van der Waals surface area contributed by atoms with Crippen LogP contribution in [0, 0.1) is 5.82 Å². The standard InChI is InChI=1S/C27H32FN3O4/c1-2-3-4-5-6-7-12-24-30-26(35-31-24)21-15-13-20(14-16-21)23(29-25(32)27(33)34)18-17-19-10-8-9-11-22(19)28/h8-11,13-16,23H,2-7,12,17-18H2,1H3,(H,29,32)(H,33,34). The van der Waals surface area contributed by atoms with Crippen LogP contribution in [0.2, 0.25) is 0 Å². The fraction of sp³-hybridized carbons (Fsp3) is 0.407. The molecule has 0 bridgehead atoms. The second kappa shape index (κ2) is 13.4. The van der Waals surface area contributed by atoms with Crippen LogP contribution in [-0.4, -0.2) is 27.1 Å². The summed E-state index contributed by atoms with van der Waals surface area (Å²) in [6.45, 7) is 2.20. The van der Waals surface area contributed by atoms with Gasteiger partial charge >= 0.3 is 11.9 Å². The van der Waals surface area contributed by atoms with Gasteiger partial charge in [-0.15, -0.1) is 0 Å². The van der Waals surface area contributed by atoms with Crippen LogP contribution >= 0.6 is 0 Å². The Morgan fingerprint density at radius 3 is 2.43 bits per heavy atom. The minimum absolute atomic E-state index is 0.334. The van der Waals surface area contributed by atoms with Crippen LogP contribution < -0.4 is 5.32 Å². The van der Waals surface area contributed by atoms with Crippen LogP contribution in [-0.2, 0) is 22.4 Å². The van der Waals surface area contributed by atoms with Gasteiger partial charge in [-0.2, -0.15) is 4.98 Å². The van der Waals surface area contributed by atoms with Gasteiger partial charge in [0.2, 0.25) is 0 Å². The quantitative estimate of drug-likeness (QED) is 0.241. The molecule has 35 heavy (non-hydrogen) atoms. The van der Waals surface area contributed by atoms with Gasteiger partial charge in [0.15, 0.2) is 5.82 Å². The number of rotatable bonds is 13. The molecule has 8 heteroatoms. The first kappa shape index (κ1) is 26.1. The number of halogens is 1. The fourth-order valence-corrected chi connectivity index (χ4v) is 3.94. The minimum atomic E-state index is -1.57. The Labute approximate surface area is 204 Å². The zero-order valence-corrected chi connectivity index (χ0v) is 20.0. The Bertz CT molecular complexity index is 1100. The second-order valence-electron chi connectivity index (χ2n) is 8.62. The van der Waals surface area contributed by atoms with Crippen molar-refractivity contribution in [3.63, 3.8) is 0 Å². The van der Waals surface area contributed by atoms with Crippen LogP contribution in [0.3, 0.4) is 0 Å². The summed E-state index contributed by atoms with van der Waals surface area (Å²) in [4.78, 5) is 27.4. The summed E-state index contributed by atoms with van der Waals surface area (Å²) in [6, 6.07) is 12.9. The molecule has 2 N–H and O–H groups in total. The summed E-state index contributed by atoms with van der Waals surface area (Å²) in [5.41, 5.74) is 1.93. The van der Waals surface area contributed by atoms with Gasteiger partial charge in [-0.25, -0.2) is 9.18 Å². The van der Waals surface area contributed by atoms with E-state index in [4.69, 9.17) is 9.63 Å². The van der Waals surface area contributed by atoms with E-state index in [0.717, 1.165) is 24.8 Å². The molecule has 0 radical (unpaired) electrons. The number of aromatic nitrogens is 2. The topological polar surface area (TPSA) is 105 Å². The number of hydrogen-bond donors (Lipinski definition) is 2. The predicted octanol–water partition coefficient (Wildman–Crippen LogP) is 5.65. The van der Waals surface area contributed by atoms with Crippen LogP contribution in [0.1, 0.15) is 74.9 Å². The zero-order chi connectivity index (χ0) is 25.0. The van der Waals surface area contributed by atoms with E-state index in [1.54, 1.807) is 42.5 Å². The Balaban J connectivity index is 1.64. The summed E-state index contributed by atoms with van der Waals surface area (Å²) in [6.07, 6.45) is 8.59. The van der Waals surface area contributed by atoms with Gasteiger partial charge < -0.3 is 14.9 Å². The molecule has 2 aromatic carbocycles. The Morgan fingerprint density at radius 1 is 1.00 bits per heavy atom. The number of carboxylic acids is 1. The van der Waals surface area contributed by atoms with Crippen LogP contribution in [0.25, 0.3) is 11.5 Å². The van der Waals surface area contributed by atoms with Crippen LogP contribution in [0.5, 0.6) is 0 Å². The number of carbonyl (C=O) groups excluding carboxylic acids is 1. The van der Waals surface area contributed by atoms with Gasteiger partial charge in [0.25, 0.3) is 5.89 Å². The SMILES string of the molecule is CCCCCCCCc1noc(-c2ccc(C(CCc3ccccc3F)NC(=O)C(=O)O)cc2)n1. The molecule has 0 saturated heterocycles. The van der Waals surface area contributed by atoms with Crippen molar-refractivity contribution in [2.45, 2.75) is 70.8 Å². The molecule has 0 aliphatic rings. The van der Waals surface area contributed by atoms with E-state index in [-0.39, 0.29) is 5.82 Å². The molecule has 1 heterocycles. The lowest BCUT2D eigenvalue weighted by atomic mass is 9.97. The van der Waals surface area contributed by atoms with Crippen molar-refractivity contribution >= 4 is 11.9 Å². The van der Waals surface area contributed by atoms with Crippen molar-refractivity contribution < 1.29 is 23.6 Å². The third-order valence-electron chi connectivity index (χ3n) is 5.94. The fourth-order valence-electron chi connectivity index (χ4n) is 3.94. The van der Waals surface area contributed by atoms with Gasteiger partial charge in [0.05, 0.1) is 6.04 Å². The van der Waals surface area contributed by atoms with Gasteiger partial charge in [-0.3, -0.25) is 4.79 Å². The summed E-state index contributed by atoms with van der Waals surface area (Å²) >= 11 is 0. The number of aliphatic carboxylic acids is 1. The number of amides is 1. The summed E-state index contributed by atoms with van der Waals surface area (Å²) < 4.78 is 19.4. The molecule has 1 amide bonds. The van der Waals surface area contributed by atoms with E-state index >= 15 is 0 Å². The number of unbranched alkanes of at least 4 members (excludes halogenated alkanes) is 5. The van der Waals surface area contributed by atoms with Gasteiger partial charge in [0.1, 0.15) is 5.82 Å². The molecular weight excluding hydrogens is 449 g/mol. The lowest BCUT2D eigenvalue weighted by molar-refractivity contribution is -0.150. The highest BCUT2D eigenvalue weighted by Crippen LogP contribution is 2.24. The van der Waals surface area contributed by atoms with Crippen molar-refractivity contribution in [3.05, 3.63) is 71.3 Å². The van der Waals surface area contributed by atoms with E-state index in [2.05, 4.69) is 22.4 Å². The third-order valence-corrected chi connectivity index (χ3v) is 5.94. The molecule has 0 aliphatic heterocycles. The Kier molecular flexibility index (Phi) is 9.95. The largest absolute Gasteiger partial charge is 0.474 e. The molecule has 3 aromatic rings. The maximum absolute atomic E-state index is 14.0. The summed E-state index contributed by atoms with van der Waals surface area (Å²) in [7, 11) is 0. The van der Waals surface area contributed by atoms with E-state index in [1.807, 2.05) is 0 Å². The minimum Gasteiger partial charge on any atom is -0.474 e. The normalized spacial score (nSPS) is 11.8. The number of benzene rings is 2. The lowest BCUT2D eigenvalue weighted by Gasteiger charge is -2.18. The summed E-state index contributed by atoms with van der Waals surface area (Å²) in [5.74, 6) is -1.92. The number of nitrogens with one attached hydrogen (secondary N) is 1. The number of hydrogen-bond acceptors (Lipinski definition) is 5. The predicted molar refractivity (Wildman–Crippen MR) is 130 cm³/mol. The average Bonchev–Trinajstić information content (AvgIpc) is 3.33. The Morgan fingerprint density at radius 2 is 1.71 bits per heavy atom. The first-order chi connectivity index (χ1) is 17.0. The first-order valence-corrected chi connectivity index (χ1v) is 12.2. The Hall–Kier alpha value is -3.55. The smallest absolute Gasteiger partial charge is 0.394 e. The molecular formula is C27H32FN3O4. The van der Waals surface area contributed by atoms with E-state index < -0.39 is 17.9 Å². The molecule has 1 aromatic heterocycles. The van der Waals surface area contributed by atoms with Crippen molar-refractivity contribution in [2.75, 3.05) is 0 Å². The molecule has 0 saturated carbocycles. The summed E-state index contributed by atoms with van der Waals surface area (Å²) in [5, 5.41) is 15.6. The molecule has 3 rings (SSSR count). The second-order valence-corrected chi connectivity index (χ2v) is 8.62. The molecule has 1 unspecified atom stereocenters. The lowest BCUT2D eigenvalue weighted by Crippen LogP contribution is -2.34.